The van der Waals surface area contributed by atoms with Crippen LogP contribution in [0.3, 0.4) is 0 Å². The van der Waals surface area contributed by atoms with Gasteiger partial charge in [0.1, 0.15) is 6.61 Å². The van der Waals surface area contributed by atoms with E-state index in [1.54, 1.807) is 7.11 Å². The maximum Gasteiger partial charge on any atom is 0.266 e. The highest BCUT2D eigenvalue weighted by Crippen LogP contribution is 2.41. The van der Waals surface area contributed by atoms with Crippen LogP contribution >= 0.6 is 23.4 Å². The van der Waals surface area contributed by atoms with Gasteiger partial charge in [-0.3, -0.25) is 14.7 Å². The third-order valence-corrected chi connectivity index (χ3v) is 8.94. The number of carbonyl (C=O) groups excluding carboxylic acids is 1. The summed E-state index contributed by atoms with van der Waals surface area (Å²) in [5.74, 6) is 1.12. The molecule has 0 spiro atoms. The molecule has 3 fully saturated rings. The average Bonchev–Trinajstić information content (AvgIpc) is 3.22. The van der Waals surface area contributed by atoms with Crippen molar-refractivity contribution in [3.05, 3.63) is 63.0 Å². The van der Waals surface area contributed by atoms with Gasteiger partial charge in [-0.25, -0.2) is 0 Å². The minimum absolute atomic E-state index is 0.0614. The Bertz CT molecular complexity index is 1220. The van der Waals surface area contributed by atoms with Gasteiger partial charge in [0.15, 0.2) is 16.7 Å². The average molecular weight is 553 g/mol. The van der Waals surface area contributed by atoms with Gasteiger partial charge in [-0.1, -0.05) is 80.0 Å². The van der Waals surface area contributed by atoms with Gasteiger partial charge in [0.25, 0.3) is 5.91 Å². The normalized spacial score (nSPS) is 21.4. The Morgan fingerprint density at radius 3 is 2.50 bits per heavy atom. The van der Waals surface area contributed by atoms with E-state index in [2.05, 4.69) is 19.1 Å². The highest BCUT2D eigenvalue weighted by molar-refractivity contribution is 8.18. The van der Waals surface area contributed by atoms with Crippen molar-refractivity contribution in [3.8, 4) is 11.5 Å². The second-order valence-corrected chi connectivity index (χ2v) is 12.0. The van der Waals surface area contributed by atoms with Gasteiger partial charge < -0.3 is 9.47 Å². The van der Waals surface area contributed by atoms with E-state index in [0.717, 1.165) is 42.0 Å². The Labute approximate surface area is 235 Å². The van der Waals surface area contributed by atoms with Gasteiger partial charge >= 0.3 is 0 Å². The third-order valence-electron chi connectivity index (χ3n) is 7.66. The molecule has 5 nitrogen and oxygen atoms in total. The number of benzene rings is 2. The van der Waals surface area contributed by atoms with Crippen molar-refractivity contribution in [1.82, 2.24) is 4.90 Å². The fraction of sp³-hybridized carbons (Fsp3) is 0.484. The van der Waals surface area contributed by atoms with E-state index in [1.807, 2.05) is 35.2 Å². The first-order valence-corrected chi connectivity index (χ1v) is 15.1. The summed E-state index contributed by atoms with van der Waals surface area (Å²) in [7, 11) is 1.61. The van der Waals surface area contributed by atoms with Crippen molar-refractivity contribution < 1.29 is 14.3 Å². The molecule has 1 heterocycles. The number of hydrogen-bond donors (Lipinski definition) is 0. The van der Waals surface area contributed by atoms with Crippen molar-refractivity contribution in [2.24, 2.45) is 4.99 Å². The van der Waals surface area contributed by atoms with Crippen molar-refractivity contribution in [2.45, 2.75) is 89.8 Å². The molecular weight excluding hydrogens is 516 g/mol. The SMILES string of the molecule is COc1cc(C=C2SC(=NC3CCCCC3)N(C3CCCCC3)C2=O)cc(Cl)c1OCc1cccc(C)c1. The fourth-order valence-corrected chi connectivity index (χ4v) is 7.06. The maximum atomic E-state index is 13.7. The summed E-state index contributed by atoms with van der Waals surface area (Å²) in [4.78, 5) is 21.5. The molecule has 7 heteroatoms. The maximum absolute atomic E-state index is 13.7. The van der Waals surface area contributed by atoms with Crippen LogP contribution in [-0.2, 0) is 11.4 Å². The lowest BCUT2D eigenvalue weighted by Crippen LogP contribution is -2.41. The topological polar surface area (TPSA) is 51.1 Å². The molecule has 1 aliphatic heterocycles. The molecule has 202 valence electrons. The van der Waals surface area contributed by atoms with Crippen LogP contribution in [0.25, 0.3) is 6.08 Å². The number of aryl methyl sites for hydroxylation is 1. The Morgan fingerprint density at radius 2 is 1.79 bits per heavy atom. The molecule has 0 aromatic heterocycles. The molecule has 0 bridgehead atoms. The van der Waals surface area contributed by atoms with E-state index in [-0.39, 0.29) is 11.9 Å². The van der Waals surface area contributed by atoms with Crippen LogP contribution in [0, 0.1) is 6.92 Å². The number of hydrogen-bond acceptors (Lipinski definition) is 5. The minimum atomic E-state index is 0.0614. The fourth-order valence-electron chi connectivity index (χ4n) is 5.68. The summed E-state index contributed by atoms with van der Waals surface area (Å²) < 4.78 is 11.7. The smallest absolute Gasteiger partial charge is 0.266 e. The van der Waals surface area contributed by atoms with Crippen molar-refractivity contribution >= 4 is 40.5 Å². The van der Waals surface area contributed by atoms with E-state index < -0.39 is 0 Å². The van der Waals surface area contributed by atoms with Crippen LogP contribution in [0.1, 0.15) is 80.9 Å². The second kappa shape index (κ2) is 12.6. The second-order valence-electron chi connectivity index (χ2n) is 10.6. The van der Waals surface area contributed by atoms with Crippen LogP contribution in [0.15, 0.2) is 46.3 Å². The molecule has 38 heavy (non-hydrogen) atoms. The molecule has 2 saturated carbocycles. The summed E-state index contributed by atoms with van der Waals surface area (Å²) >= 11 is 8.19. The first-order chi connectivity index (χ1) is 18.5. The van der Waals surface area contributed by atoms with Gasteiger partial charge in [0.2, 0.25) is 0 Å². The zero-order chi connectivity index (χ0) is 26.5. The molecule has 3 aliphatic rings. The summed E-state index contributed by atoms with van der Waals surface area (Å²) in [5.41, 5.74) is 3.06. The Morgan fingerprint density at radius 1 is 1.05 bits per heavy atom. The monoisotopic (exact) mass is 552 g/mol. The molecule has 0 unspecified atom stereocenters. The largest absolute Gasteiger partial charge is 0.493 e. The van der Waals surface area contributed by atoms with E-state index in [4.69, 9.17) is 26.1 Å². The molecule has 2 aromatic rings. The molecule has 0 N–H and O–H groups in total. The number of thioether (sulfide) groups is 1. The number of methoxy groups -OCH3 is 1. The highest BCUT2D eigenvalue weighted by atomic mass is 35.5. The van der Waals surface area contributed by atoms with Crippen molar-refractivity contribution in [2.75, 3.05) is 7.11 Å². The van der Waals surface area contributed by atoms with Gasteiger partial charge in [-0.05, 0) is 73.7 Å². The van der Waals surface area contributed by atoms with Crippen LogP contribution in [0.5, 0.6) is 11.5 Å². The summed E-state index contributed by atoms with van der Waals surface area (Å²) in [6.45, 7) is 2.45. The first-order valence-electron chi connectivity index (χ1n) is 13.9. The third kappa shape index (κ3) is 6.40. The number of rotatable bonds is 7. The molecular formula is C31H37ClN2O3S. The highest BCUT2D eigenvalue weighted by Gasteiger charge is 2.39. The Kier molecular flexibility index (Phi) is 9.01. The number of aliphatic imine (C=N–C) groups is 1. The Balaban J connectivity index is 1.40. The zero-order valence-corrected chi connectivity index (χ0v) is 24.0. The molecule has 5 rings (SSSR count). The van der Waals surface area contributed by atoms with Gasteiger partial charge in [-0.15, -0.1) is 0 Å². The van der Waals surface area contributed by atoms with E-state index in [0.29, 0.717) is 34.1 Å². The summed E-state index contributed by atoms with van der Waals surface area (Å²) in [6, 6.07) is 12.5. The molecule has 2 aliphatic carbocycles. The lowest BCUT2D eigenvalue weighted by molar-refractivity contribution is -0.124. The number of nitrogens with zero attached hydrogens (tertiary/aromatic N) is 2. The number of amides is 1. The van der Waals surface area contributed by atoms with Crippen LogP contribution in [0.2, 0.25) is 5.02 Å². The molecule has 0 radical (unpaired) electrons. The summed E-state index contributed by atoms with van der Waals surface area (Å²) in [5, 5.41) is 1.34. The standard InChI is InChI=1S/C31H37ClN2O3S/c1-21-10-9-11-22(16-21)20-37-29-26(32)17-23(18-27(29)36-2)19-28-30(35)34(25-14-7-4-8-15-25)31(38-28)33-24-12-5-3-6-13-24/h9-11,16-19,24-25H,3-8,12-15,20H2,1-2H3. The van der Waals surface area contributed by atoms with Crippen molar-refractivity contribution in [1.29, 1.82) is 0 Å². The van der Waals surface area contributed by atoms with Crippen LogP contribution in [-0.4, -0.2) is 35.2 Å². The van der Waals surface area contributed by atoms with Crippen LogP contribution < -0.4 is 9.47 Å². The van der Waals surface area contributed by atoms with E-state index >= 15 is 0 Å². The molecule has 1 saturated heterocycles. The Hall–Kier alpha value is -2.44. The number of carbonyl (C=O) groups is 1. The number of ether oxygens (including phenoxy) is 2. The predicted octanol–water partition coefficient (Wildman–Crippen LogP) is 8.17. The lowest BCUT2D eigenvalue weighted by Gasteiger charge is -2.31. The van der Waals surface area contributed by atoms with Crippen LogP contribution in [0.4, 0.5) is 0 Å². The number of amidine groups is 1. The number of halogens is 1. The molecule has 1 amide bonds. The predicted molar refractivity (Wildman–Crippen MR) is 157 cm³/mol. The quantitative estimate of drug-likeness (QED) is 0.325. The zero-order valence-electron chi connectivity index (χ0n) is 22.4. The van der Waals surface area contributed by atoms with E-state index in [1.165, 1.54) is 55.9 Å². The van der Waals surface area contributed by atoms with E-state index in [9.17, 15) is 4.79 Å². The lowest BCUT2D eigenvalue weighted by atomic mass is 9.94. The summed E-state index contributed by atoms with van der Waals surface area (Å²) in [6.07, 6.45) is 13.6. The first kappa shape index (κ1) is 27.1. The minimum Gasteiger partial charge on any atom is -0.493 e. The molecule has 2 aromatic carbocycles. The molecule has 0 atom stereocenters. The van der Waals surface area contributed by atoms with Gasteiger partial charge in [0, 0.05) is 6.04 Å². The van der Waals surface area contributed by atoms with Gasteiger partial charge in [-0.2, -0.15) is 0 Å². The van der Waals surface area contributed by atoms with Crippen molar-refractivity contribution in [3.63, 3.8) is 0 Å². The van der Waals surface area contributed by atoms with Gasteiger partial charge in [0.05, 0.1) is 23.1 Å².